The van der Waals surface area contributed by atoms with Gasteiger partial charge in [-0.1, -0.05) is 24.3 Å². The molecular weight excluding hydrogens is 248 g/mol. The van der Waals surface area contributed by atoms with Gasteiger partial charge in [0.25, 0.3) is 0 Å². The van der Waals surface area contributed by atoms with Crippen LogP contribution in [0.3, 0.4) is 0 Å². The van der Waals surface area contributed by atoms with Gasteiger partial charge in [0.1, 0.15) is 5.75 Å². The summed E-state index contributed by atoms with van der Waals surface area (Å²) in [4.78, 5) is 10.9. The van der Waals surface area contributed by atoms with Gasteiger partial charge in [-0.15, -0.1) is 11.6 Å². The number of halogens is 1. The standard InChI is InChI=1S/C15H15ClO2/c1-9(17)18-13-6-4-10(5-7-13)14-11-2-3-12(8-11)15(14)16/h2-7,11-12,14-15H,8H2,1H3. The van der Waals surface area contributed by atoms with Gasteiger partial charge in [0, 0.05) is 18.2 Å². The molecule has 0 radical (unpaired) electrons. The molecular formula is C15H15ClO2. The minimum absolute atomic E-state index is 0.194. The highest BCUT2D eigenvalue weighted by molar-refractivity contribution is 6.21. The molecule has 0 amide bonds. The molecule has 0 saturated heterocycles. The van der Waals surface area contributed by atoms with Crippen molar-refractivity contribution in [1.29, 1.82) is 0 Å². The molecule has 2 aliphatic carbocycles. The first-order valence-corrected chi connectivity index (χ1v) is 6.69. The summed E-state index contributed by atoms with van der Waals surface area (Å²) in [6.45, 7) is 1.41. The Bertz CT molecular complexity index is 492. The summed E-state index contributed by atoms with van der Waals surface area (Å²) in [5.41, 5.74) is 1.24. The monoisotopic (exact) mass is 262 g/mol. The van der Waals surface area contributed by atoms with E-state index in [0.29, 0.717) is 23.5 Å². The molecule has 3 heteroatoms. The number of allylic oxidation sites excluding steroid dienone is 2. The van der Waals surface area contributed by atoms with Gasteiger partial charge in [-0.25, -0.2) is 0 Å². The van der Waals surface area contributed by atoms with Crippen molar-refractivity contribution in [2.45, 2.75) is 24.6 Å². The molecule has 0 aliphatic heterocycles. The van der Waals surface area contributed by atoms with Gasteiger partial charge in [0.15, 0.2) is 0 Å². The third-order valence-corrected chi connectivity index (χ3v) is 4.48. The Kier molecular flexibility index (Phi) is 2.90. The minimum Gasteiger partial charge on any atom is -0.427 e. The molecule has 0 aromatic heterocycles. The van der Waals surface area contributed by atoms with Gasteiger partial charge in [-0.2, -0.15) is 0 Å². The van der Waals surface area contributed by atoms with Crippen LogP contribution < -0.4 is 4.74 Å². The number of carbonyl (C=O) groups excluding carboxylic acids is 1. The predicted molar refractivity (Wildman–Crippen MR) is 70.9 cm³/mol. The number of hydrogen-bond acceptors (Lipinski definition) is 2. The average Bonchev–Trinajstić information content (AvgIpc) is 2.90. The van der Waals surface area contributed by atoms with E-state index in [2.05, 4.69) is 12.2 Å². The van der Waals surface area contributed by atoms with Gasteiger partial charge >= 0.3 is 5.97 Å². The summed E-state index contributed by atoms with van der Waals surface area (Å²) >= 11 is 6.50. The Balaban J connectivity index is 1.81. The highest BCUT2D eigenvalue weighted by Gasteiger charge is 2.44. The first-order chi connectivity index (χ1) is 8.65. The highest BCUT2D eigenvalue weighted by Crippen LogP contribution is 2.51. The van der Waals surface area contributed by atoms with Gasteiger partial charge in [0.2, 0.25) is 0 Å². The molecule has 4 unspecified atom stereocenters. The quantitative estimate of drug-likeness (QED) is 0.353. The van der Waals surface area contributed by atoms with Crippen LogP contribution in [0.1, 0.15) is 24.8 Å². The van der Waals surface area contributed by atoms with Crippen LogP contribution in [-0.2, 0) is 4.79 Å². The second-order valence-corrected chi connectivity index (χ2v) is 5.59. The fourth-order valence-electron chi connectivity index (χ4n) is 3.12. The molecule has 18 heavy (non-hydrogen) atoms. The molecule has 1 aromatic rings. The summed E-state index contributed by atoms with van der Waals surface area (Å²) in [6, 6.07) is 7.73. The van der Waals surface area contributed by atoms with Crippen LogP contribution in [0.5, 0.6) is 5.75 Å². The number of carbonyl (C=O) groups is 1. The zero-order valence-corrected chi connectivity index (χ0v) is 10.9. The predicted octanol–water partition coefficient (Wildman–Crippen LogP) is 3.51. The smallest absolute Gasteiger partial charge is 0.308 e. The van der Waals surface area contributed by atoms with Crippen LogP contribution >= 0.6 is 11.6 Å². The van der Waals surface area contributed by atoms with Crippen molar-refractivity contribution in [1.82, 2.24) is 0 Å². The Labute approximate surface area is 112 Å². The fraction of sp³-hybridized carbons (Fsp3) is 0.400. The molecule has 1 aromatic carbocycles. The molecule has 1 fully saturated rings. The third kappa shape index (κ3) is 1.95. The van der Waals surface area contributed by atoms with E-state index in [1.54, 1.807) is 0 Å². The average molecular weight is 263 g/mol. The highest BCUT2D eigenvalue weighted by atomic mass is 35.5. The lowest BCUT2D eigenvalue weighted by atomic mass is 9.86. The lowest BCUT2D eigenvalue weighted by Gasteiger charge is -2.23. The van der Waals surface area contributed by atoms with Gasteiger partial charge < -0.3 is 4.74 Å². The van der Waals surface area contributed by atoms with Crippen molar-refractivity contribution in [3.8, 4) is 5.75 Å². The molecule has 0 heterocycles. The first-order valence-electron chi connectivity index (χ1n) is 6.26. The zero-order valence-electron chi connectivity index (χ0n) is 10.2. The van der Waals surface area contributed by atoms with Crippen LogP contribution in [0, 0.1) is 11.8 Å². The maximum Gasteiger partial charge on any atom is 0.308 e. The van der Waals surface area contributed by atoms with E-state index in [4.69, 9.17) is 16.3 Å². The Morgan fingerprint density at radius 1 is 1.22 bits per heavy atom. The van der Waals surface area contributed by atoms with Crippen molar-refractivity contribution >= 4 is 17.6 Å². The normalized spacial score (nSPS) is 32.8. The third-order valence-electron chi connectivity index (χ3n) is 3.89. The van der Waals surface area contributed by atoms with Gasteiger partial charge in [-0.05, 0) is 36.0 Å². The van der Waals surface area contributed by atoms with Crippen molar-refractivity contribution < 1.29 is 9.53 Å². The van der Waals surface area contributed by atoms with Crippen LogP contribution in [-0.4, -0.2) is 11.3 Å². The SMILES string of the molecule is CC(=O)Oc1ccc(C2C3C=CC(C3)C2Cl)cc1. The molecule has 2 aliphatic rings. The van der Waals surface area contributed by atoms with Crippen LogP contribution in [0.25, 0.3) is 0 Å². The minimum atomic E-state index is -0.291. The van der Waals surface area contributed by atoms with E-state index in [-0.39, 0.29) is 11.3 Å². The summed E-state index contributed by atoms with van der Waals surface area (Å²) in [6.07, 6.45) is 5.70. The maximum atomic E-state index is 10.9. The summed E-state index contributed by atoms with van der Waals surface area (Å²) in [5.74, 6) is 1.79. The molecule has 0 spiro atoms. The number of alkyl halides is 1. The zero-order chi connectivity index (χ0) is 12.7. The van der Waals surface area contributed by atoms with Crippen molar-refractivity contribution in [2.75, 3.05) is 0 Å². The van der Waals surface area contributed by atoms with E-state index in [1.165, 1.54) is 18.9 Å². The number of hydrogen-bond donors (Lipinski definition) is 0. The number of benzene rings is 1. The van der Waals surface area contributed by atoms with E-state index >= 15 is 0 Å². The lowest BCUT2D eigenvalue weighted by Crippen LogP contribution is -2.17. The molecule has 0 N–H and O–H groups in total. The summed E-state index contributed by atoms with van der Waals surface area (Å²) in [7, 11) is 0. The van der Waals surface area contributed by atoms with E-state index < -0.39 is 0 Å². The second-order valence-electron chi connectivity index (χ2n) is 5.08. The molecule has 3 rings (SSSR count). The van der Waals surface area contributed by atoms with E-state index in [1.807, 2.05) is 24.3 Å². The molecule has 2 nitrogen and oxygen atoms in total. The Morgan fingerprint density at radius 3 is 2.44 bits per heavy atom. The number of esters is 1. The number of fused-ring (bicyclic) bond motifs is 2. The molecule has 94 valence electrons. The number of rotatable bonds is 2. The molecule has 1 saturated carbocycles. The van der Waals surface area contributed by atoms with Crippen molar-refractivity contribution in [3.05, 3.63) is 42.0 Å². The van der Waals surface area contributed by atoms with Crippen LogP contribution in [0.4, 0.5) is 0 Å². The largest absolute Gasteiger partial charge is 0.427 e. The summed E-state index contributed by atoms with van der Waals surface area (Å²) < 4.78 is 5.03. The molecule has 4 atom stereocenters. The number of ether oxygens (including phenoxy) is 1. The lowest BCUT2D eigenvalue weighted by molar-refractivity contribution is -0.131. The molecule has 2 bridgehead atoms. The van der Waals surface area contributed by atoms with Crippen LogP contribution in [0.2, 0.25) is 0 Å². The topological polar surface area (TPSA) is 26.3 Å². The van der Waals surface area contributed by atoms with E-state index in [9.17, 15) is 4.79 Å². The maximum absolute atomic E-state index is 10.9. The van der Waals surface area contributed by atoms with E-state index in [0.717, 1.165) is 0 Å². The van der Waals surface area contributed by atoms with Crippen LogP contribution in [0.15, 0.2) is 36.4 Å². The van der Waals surface area contributed by atoms with Gasteiger partial charge in [-0.3, -0.25) is 4.79 Å². The Hall–Kier alpha value is -1.28. The second kappa shape index (κ2) is 4.43. The Morgan fingerprint density at radius 2 is 1.89 bits per heavy atom. The van der Waals surface area contributed by atoms with Gasteiger partial charge in [0.05, 0.1) is 0 Å². The van der Waals surface area contributed by atoms with Crippen molar-refractivity contribution in [2.24, 2.45) is 11.8 Å². The summed E-state index contributed by atoms with van der Waals surface area (Å²) in [5, 5.41) is 0.194. The fourth-order valence-corrected chi connectivity index (χ4v) is 3.64. The first kappa shape index (κ1) is 11.8. The van der Waals surface area contributed by atoms with Crippen molar-refractivity contribution in [3.63, 3.8) is 0 Å².